The summed E-state index contributed by atoms with van der Waals surface area (Å²) in [4.78, 5) is 12.3. The fourth-order valence-corrected chi connectivity index (χ4v) is 2.15. The molecule has 0 saturated heterocycles. The molecule has 1 amide bonds. The van der Waals surface area contributed by atoms with E-state index in [2.05, 4.69) is 19.2 Å². The third-order valence-electron chi connectivity index (χ3n) is 3.44. The molecule has 0 aromatic heterocycles. The quantitative estimate of drug-likeness (QED) is 0.756. The summed E-state index contributed by atoms with van der Waals surface area (Å²) in [5.74, 6) is 1.23. The van der Waals surface area contributed by atoms with Crippen molar-refractivity contribution in [1.29, 1.82) is 0 Å². The van der Waals surface area contributed by atoms with Gasteiger partial charge in [0.25, 0.3) is 5.91 Å². The Morgan fingerprint density at radius 1 is 0.917 bits per heavy atom. The van der Waals surface area contributed by atoms with E-state index >= 15 is 0 Å². The van der Waals surface area contributed by atoms with Crippen molar-refractivity contribution in [1.82, 2.24) is 0 Å². The number of benzene rings is 2. The van der Waals surface area contributed by atoms with Crippen molar-refractivity contribution in [2.24, 2.45) is 0 Å². The lowest BCUT2D eigenvalue weighted by molar-refractivity contribution is 0.102. The van der Waals surface area contributed by atoms with Crippen molar-refractivity contribution in [3.8, 4) is 11.5 Å². The number of hydrogen-bond acceptors (Lipinski definition) is 3. The first-order valence-electron chi connectivity index (χ1n) is 8.41. The van der Waals surface area contributed by atoms with Crippen LogP contribution in [0.2, 0.25) is 0 Å². The van der Waals surface area contributed by atoms with Crippen LogP contribution in [0.4, 0.5) is 5.69 Å². The molecule has 0 radical (unpaired) electrons. The molecule has 0 aliphatic rings. The Morgan fingerprint density at radius 3 is 2.17 bits per heavy atom. The molecular weight excluding hydrogens is 302 g/mol. The van der Waals surface area contributed by atoms with Crippen LogP contribution in [0.5, 0.6) is 11.5 Å². The predicted molar refractivity (Wildman–Crippen MR) is 97.1 cm³/mol. The van der Waals surface area contributed by atoms with Gasteiger partial charge in [0.05, 0.1) is 13.2 Å². The van der Waals surface area contributed by atoms with Crippen LogP contribution in [0.3, 0.4) is 0 Å². The molecular formula is C20H25NO3. The topological polar surface area (TPSA) is 47.6 Å². The molecule has 2 aromatic rings. The number of carbonyl (C=O) groups excluding carboxylic acids is 1. The fraction of sp³-hybridized carbons (Fsp3) is 0.350. The lowest BCUT2D eigenvalue weighted by Crippen LogP contribution is -2.12. The minimum absolute atomic E-state index is 0.140. The second kappa shape index (κ2) is 8.96. The summed E-state index contributed by atoms with van der Waals surface area (Å²) in [7, 11) is 0. The van der Waals surface area contributed by atoms with Gasteiger partial charge < -0.3 is 14.8 Å². The van der Waals surface area contributed by atoms with Crippen LogP contribution < -0.4 is 14.8 Å². The maximum Gasteiger partial charge on any atom is 0.255 e. The van der Waals surface area contributed by atoms with E-state index in [9.17, 15) is 4.79 Å². The Bertz CT molecular complexity index is 665. The molecule has 0 aliphatic carbocycles. The Hall–Kier alpha value is -2.49. The van der Waals surface area contributed by atoms with Crippen LogP contribution >= 0.6 is 0 Å². The number of hydrogen-bond donors (Lipinski definition) is 1. The molecule has 0 bridgehead atoms. The van der Waals surface area contributed by atoms with E-state index in [1.807, 2.05) is 49.4 Å². The minimum Gasteiger partial charge on any atom is -0.490 e. The standard InChI is InChI=1S/C20H25NO3/c1-4-12-23-18-11-10-17(14-19(18)24-13-5-2)21-20(22)16-8-6-15(3)7-9-16/h6-11,14H,4-5,12-13H2,1-3H3,(H,21,22). The first-order valence-corrected chi connectivity index (χ1v) is 8.41. The average Bonchev–Trinajstić information content (AvgIpc) is 2.59. The highest BCUT2D eigenvalue weighted by molar-refractivity contribution is 6.04. The normalized spacial score (nSPS) is 10.3. The number of amides is 1. The Morgan fingerprint density at radius 2 is 1.54 bits per heavy atom. The minimum atomic E-state index is -0.140. The second-order valence-corrected chi connectivity index (χ2v) is 5.68. The number of nitrogens with one attached hydrogen (secondary N) is 1. The number of carbonyl (C=O) groups is 1. The summed E-state index contributed by atoms with van der Waals surface area (Å²) in [6.07, 6.45) is 1.84. The van der Waals surface area contributed by atoms with Crippen molar-refractivity contribution in [3.63, 3.8) is 0 Å². The van der Waals surface area contributed by atoms with Crippen molar-refractivity contribution < 1.29 is 14.3 Å². The van der Waals surface area contributed by atoms with Gasteiger partial charge in [-0.1, -0.05) is 31.5 Å². The third-order valence-corrected chi connectivity index (χ3v) is 3.44. The Kier molecular flexibility index (Phi) is 6.67. The van der Waals surface area contributed by atoms with E-state index in [-0.39, 0.29) is 5.91 Å². The van der Waals surface area contributed by atoms with E-state index in [1.54, 1.807) is 0 Å². The van der Waals surface area contributed by atoms with Gasteiger partial charge in [-0.05, 0) is 44.0 Å². The molecule has 1 N–H and O–H groups in total. The van der Waals surface area contributed by atoms with Crippen LogP contribution in [0.1, 0.15) is 42.6 Å². The average molecular weight is 327 g/mol. The predicted octanol–water partition coefficient (Wildman–Crippen LogP) is 4.82. The van der Waals surface area contributed by atoms with Crippen molar-refractivity contribution in [2.45, 2.75) is 33.6 Å². The van der Waals surface area contributed by atoms with Crippen molar-refractivity contribution in [2.75, 3.05) is 18.5 Å². The highest BCUT2D eigenvalue weighted by Gasteiger charge is 2.10. The van der Waals surface area contributed by atoms with Gasteiger partial charge >= 0.3 is 0 Å². The largest absolute Gasteiger partial charge is 0.490 e. The molecule has 0 unspecified atom stereocenters. The molecule has 0 spiro atoms. The molecule has 2 aromatic carbocycles. The van der Waals surface area contributed by atoms with Crippen LogP contribution in [0, 0.1) is 6.92 Å². The molecule has 0 fully saturated rings. The van der Waals surface area contributed by atoms with Gasteiger partial charge in [-0.3, -0.25) is 4.79 Å². The van der Waals surface area contributed by atoms with Crippen LogP contribution in [-0.2, 0) is 0 Å². The highest BCUT2D eigenvalue weighted by Crippen LogP contribution is 2.31. The fourth-order valence-electron chi connectivity index (χ4n) is 2.15. The zero-order valence-corrected chi connectivity index (χ0v) is 14.6. The molecule has 0 heterocycles. The van der Waals surface area contributed by atoms with E-state index < -0.39 is 0 Å². The Labute approximate surface area is 143 Å². The summed E-state index contributed by atoms with van der Waals surface area (Å²) in [6.45, 7) is 7.35. The first kappa shape index (κ1) is 17.9. The van der Waals surface area contributed by atoms with E-state index in [1.165, 1.54) is 0 Å². The second-order valence-electron chi connectivity index (χ2n) is 5.68. The number of anilines is 1. The maximum absolute atomic E-state index is 12.3. The van der Waals surface area contributed by atoms with Gasteiger partial charge in [0.2, 0.25) is 0 Å². The number of ether oxygens (including phenoxy) is 2. The van der Waals surface area contributed by atoms with Gasteiger partial charge in [0.15, 0.2) is 11.5 Å². The van der Waals surface area contributed by atoms with E-state index in [4.69, 9.17) is 9.47 Å². The zero-order chi connectivity index (χ0) is 17.4. The third kappa shape index (κ3) is 5.01. The highest BCUT2D eigenvalue weighted by atomic mass is 16.5. The van der Waals surface area contributed by atoms with Gasteiger partial charge in [-0.2, -0.15) is 0 Å². The summed E-state index contributed by atoms with van der Waals surface area (Å²) in [5.41, 5.74) is 2.44. The van der Waals surface area contributed by atoms with Gasteiger partial charge in [-0.15, -0.1) is 0 Å². The molecule has 4 nitrogen and oxygen atoms in total. The Balaban J connectivity index is 2.14. The van der Waals surface area contributed by atoms with Crippen LogP contribution in [0.15, 0.2) is 42.5 Å². The van der Waals surface area contributed by atoms with Gasteiger partial charge in [-0.25, -0.2) is 0 Å². The molecule has 0 saturated carbocycles. The van der Waals surface area contributed by atoms with E-state index in [0.29, 0.717) is 36.0 Å². The van der Waals surface area contributed by atoms with Gasteiger partial charge in [0.1, 0.15) is 0 Å². The lowest BCUT2D eigenvalue weighted by Gasteiger charge is -2.14. The van der Waals surface area contributed by atoms with Crippen molar-refractivity contribution in [3.05, 3.63) is 53.6 Å². The monoisotopic (exact) mass is 327 g/mol. The summed E-state index contributed by atoms with van der Waals surface area (Å²) >= 11 is 0. The summed E-state index contributed by atoms with van der Waals surface area (Å²) < 4.78 is 11.5. The SMILES string of the molecule is CCCOc1ccc(NC(=O)c2ccc(C)cc2)cc1OCCC. The summed E-state index contributed by atoms with van der Waals surface area (Å²) in [5, 5.41) is 2.90. The number of rotatable bonds is 8. The summed E-state index contributed by atoms with van der Waals surface area (Å²) in [6, 6.07) is 13.0. The van der Waals surface area contributed by atoms with Gasteiger partial charge in [0, 0.05) is 17.3 Å². The van der Waals surface area contributed by atoms with Crippen LogP contribution in [-0.4, -0.2) is 19.1 Å². The molecule has 2 rings (SSSR count). The maximum atomic E-state index is 12.3. The molecule has 0 aliphatic heterocycles. The number of aryl methyl sites for hydroxylation is 1. The molecule has 128 valence electrons. The van der Waals surface area contributed by atoms with E-state index in [0.717, 1.165) is 18.4 Å². The first-order chi connectivity index (χ1) is 11.6. The van der Waals surface area contributed by atoms with Crippen molar-refractivity contribution >= 4 is 11.6 Å². The molecule has 24 heavy (non-hydrogen) atoms. The zero-order valence-electron chi connectivity index (χ0n) is 14.6. The van der Waals surface area contributed by atoms with Crippen LogP contribution in [0.25, 0.3) is 0 Å². The lowest BCUT2D eigenvalue weighted by atomic mass is 10.1. The molecule has 4 heteroatoms. The molecule has 0 atom stereocenters. The smallest absolute Gasteiger partial charge is 0.255 e.